The van der Waals surface area contributed by atoms with Crippen molar-refractivity contribution in [3.8, 4) is 0 Å². The zero-order valence-electron chi connectivity index (χ0n) is 8.34. The second-order valence-corrected chi connectivity index (χ2v) is 3.53. The lowest BCUT2D eigenvalue weighted by Crippen LogP contribution is -2.24. The zero-order chi connectivity index (χ0) is 11.3. The smallest absolute Gasteiger partial charge is 0.141 e. The van der Waals surface area contributed by atoms with E-state index in [2.05, 4.69) is 5.32 Å². The molecule has 1 rings (SSSR count). The van der Waals surface area contributed by atoms with Crippen LogP contribution in [-0.4, -0.2) is 31.5 Å². The highest BCUT2D eigenvalue weighted by Gasteiger charge is 2.04. The van der Waals surface area contributed by atoms with Gasteiger partial charge in [-0.05, 0) is 18.2 Å². The van der Waals surface area contributed by atoms with E-state index in [0.717, 1.165) is 0 Å². The summed E-state index contributed by atoms with van der Waals surface area (Å²) in [6, 6.07) is 4.30. The minimum absolute atomic E-state index is 0.0567. The van der Waals surface area contributed by atoms with E-state index in [1.165, 1.54) is 19.2 Å². The molecule has 15 heavy (non-hydrogen) atoms. The Morgan fingerprint density at radius 3 is 2.93 bits per heavy atom. The van der Waals surface area contributed by atoms with Gasteiger partial charge in [0.25, 0.3) is 0 Å². The third kappa shape index (κ3) is 4.03. The number of methoxy groups -OCH3 is 1. The van der Waals surface area contributed by atoms with Crippen molar-refractivity contribution < 1.29 is 14.2 Å². The molecule has 0 aliphatic carbocycles. The first kappa shape index (κ1) is 12.2. The second-order valence-electron chi connectivity index (χ2n) is 3.12. The number of anilines is 1. The largest absolute Gasteiger partial charge is 0.389 e. The summed E-state index contributed by atoms with van der Waals surface area (Å²) in [5, 5.41) is 12.3. The fraction of sp³-hybridized carbons (Fsp3) is 0.400. The lowest BCUT2D eigenvalue weighted by atomic mass is 10.3. The lowest BCUT2D eigenvalue weighted by molar-refractivity contribution is 0.0727. The van der Waals surface area contributed by atoms with Gasteiger partial charge in [-0.2, -0.15) is 0 Å². The van der Waals surface area contributed by atoms with E-state index in [1.54, 1.807) is 6.07 Å². The third-order valence-corrected chi connectivity index (χ3v) is 2.11. The average molecular weight is 234 g/mol. The van der Waals surface area contributed by atoms with Crippen molar-refractivity contribution in [2.75, 3.05) is 25.6 Å². The molecule has 1 atom stereocenters. The summed E-state index contributed by atoms with van der Waals surface area (Å²) in [6.07, 6.45) is -0.598. The van der Waals surface area contributed by atoms with Crippen LogP contribution in [0.15, 0.2) is 18.2 Å². The standard InChI is InChI=1S/C10H13ClFNO2/c1-15-6-8(14)5-13-7-2-3-10(12)9(11)4-7/h2-4,8,13-14H,5-6H2,1H3. The molecule has 0 bridgehead atoms. The van der Waals surface area contributed by atoms with Crippen LogP contribution in [0.5, 0.6) is 0 Å². The highest BCUT2D eigenvalue weighted by Crippen LogP contribution is 2.19. The van der Waals surface area contributed by atoms with Crippen LogP contribution in [0.3, 0.4) is 0 Å². The van der Waals surface area contributed by atoms with E-state index in [0.29, 0.717) is 12.2 Å². The molecule has 0 aliphatic heterocycles. The maximum Gasteiger partial charge on any atom is 0.141 e. The number of halogens is 2. The Morgan fingerprint density at radius 2 is 2.33 bits per heavy atom. The van der Waals surface area contributed by atoms with Crippen LogP contribution < -0.4 is 5.32 Å². The Balaban J connectivity index is 2.47. The SMILES string of the molecule is COCC(O)CNc1ccc(F)c(Cl)c1. The number of aliphatic hydroxyl groups is 1. The van der Waals surface area contributed by atoms with Gasteiger partial charge in [-0.25, -0.2) is 4.39 Å². The number of hydrogen-bond donors (Lipinski definition) is 2. The molecular formula is C10H13ClFNO2. The molecule has 0 saturated carbocycles. The minimum Gasteiger partial charge on any atom is -0.389 e. The average Bonchev–Trinajstić information content (AvgIpc) is 2.20. The topological polar surface area (TPSA) is 41.5 Å². The molecule has 1 aromatic rings. The van der Waals surface area contributed by atoms with E-state index in [-0.39, 0.29) is 11.6 Å². The Morgan fingerprint density at radius 1 is 1.60 bits per heavy atom. The molecule has 0 radical (unpaired) electrons. The van der Waals surface area contributed by atoms with Crippen molar-refractivity contribution in [3.63, 3.8) is 0 Å². The highest BCUT2D eigenvalue weighted by atomic mass is 35.5. The quantitative estimate of drug-likeness (QED) is 0.816. The van der Waals surface area contributed by atoms with E-state index in [1.807, 2.05) is 0 Å². The van der Waals surface area contributed by atoms with Gasteiger partial charge < -0.3 is 15.2 Å². The first-order valence-corrected chi connectivity index (χ1v) is 4.87. The predicted octanol–water partition coefficient (Wildman–Crippen LogP) is 1.90. The molecule has 0 amide bonds. The fourth-order valence-electron chi connectivity index (χ4n) is 1.09. The van der Waals surface area contributed by atoms with Crippen molar-refractivity contribution in [1.29, 1.82) is 0 Å². The fourth-order valence-corrected chi connectivity index (χ4v) is 1.27. The first-order valence-electron chi connectivity index (χ1n) is 4.49. The summed E-state index contributed by atoms with van der Waals surface area (Å²) < 4.78 is 17.5. The molecule has 1 aromatic carbocycles. The molecule has 84 valence electrons. The number of ether oxygens (including phenoxy) is 1. The Hall–Kier alpha value is -0.840. The van der Waals surface area contributed by atoms with Gasteiger partial charge >= 0.3 is 0 Å². The summed E-state index contributed by atoms with van der Waals surface area (Å²) in [5.41, 5.74) is 0.663. The summed E-state index contributed by atoms with van der Waals surface area (Å²) >= 11 is 5.59. The van der Waals surface area contributed by atoms with Gasteiger partial charge in [0.15, 0.2) is 0 Å². The number of nitrogens with one attached hydrogen (secondary N) is 1. The third-order valence-electron chi connectivity index (χ3n) is 1.82. The molecule has 0 aromatic heterocycles. The van der Waals surface area contributed by atoms with Gasteiger partial charge in [0.2, 0.25) is 0 Å². The molecule has 5 heteroatoms. The highest BCUT2D eigenvalue weighted by molar-refractivity contribution is 6.31. The van der Waals surface area contributed by atoms with Crippen LogP contribution in [0.2, 0.25) is 5.02 Å². The van der Waals surface area contributed by atoms with Gasteiger partial charge in [0.05, 0.1) is 17.7 Å². The lowest BCUT2D eigenvalue weighted by Gasteiger charge is -2.11. The Kier molecular flexibility index (Phi) is 4.81. The van der Waals surface area contributed by atoms with Gasteiger partial charge in [0.1, 0.15) is 5.82 Å². The van der Waals surface area contributed by atoms with Gasteiger partial charge in [-0.1, -0.05) is 11.6 Å². The number of rotatable bonds is 5. The second kappa shape index (κ2) is 5.90. The van der Waals surface area contributed by atoms with Gasteiger partial charge in [0, 0.05) is 19.3 Å². The number of aliphatic hydroxyl groups excluding tert-OH is 1. The van der Waals surface area contributed by atoms with Crippen LogP contribution in [0.1, 0.15) is 0 Å². The van der Waals surface area contributed by atoms with Crippen molar-refractivity contribution in [3.05, 3.63) is 29.0 Å². The molecular weight excluding hydrogens is 221 g/mol. The first-order chi connectivity index (χ1) is 7.13. The van der Waals surface area contributed by atoms with Crippen LogP contribution in [0.4, 0.5) is 10.1 Å². The molecule has 0 heterocycles. The maximum atomic E-state index is 12.8. The molecule has 3 nitrogen and oxygen atoms in total. The Labute approximate surface area is 92.8 Å². The van der Waals surface area contributed by atoms with Crippen molar-refractivity contribution >= 4 is 17.3 Å². The summed E-state index contributed by atoms with van der Waals surface area (Å²) in [6.45, 7) is 0.581. The molecule has 2 N–H and O–H groups in total. The van der Waals surface area contributed by atoms with Gasteiger partial charge in [-0.3, -0.25) is 0 Å². The minimum atomic E-state index is -0.598. The molecule has 0 aliphatic rings. The molecule has 1 unspecified atom stereocenters. The summed E-state index contributed by atoms with van der Waals surface area (Å²) in [4.78, 5) is 0. The van der Waals surface area contributed by atoms with E-state index in [9.17, 15) is 9.50 Å². The van der Waals surface area contributed by atoms with Crippen LogP contribution >= 0.6 is 11.6 Å². The number of benzene rings is 1. The normalized spacial score (nSPS) is 12.5. The zero-order valence-corrected chi connectivity index (χ0v) is 9.09. The van der Waals surface area contributed by atoms with Crippen molar-refractivity contribution in [2.45, 2.75) is 6.10 Å². The van der Waals surface area contributed by atoms with Gasteiger partial charge in [-0.15, -0.1) is 0 Å². The van der Waals surface area contributed by atoms with Crippen molar-refractivity contribution in [2.24, 2.45) is 0 Å². The predicted molar refractivity (Wildman–Crippen MR) is 57.8 cm³/mol. The van der Waals surface area contributed by atoms with Crippen LogP contribution in [0, 0.1) is 5.82 Å². The molecule has 0 spiro atoms. The van der Waals surface area contributed by atoms with Crippen molar-refractivity contribution in [1.82, 2.24) is 0 Å². The number of hydrogen-bond acceptors (Lipinski definition) is 3. The van der Waals surface area contributed by atoms with Crippen LogP contribution in [-0.2, 0) is 4.74 Å². The van der Waals surface area contributed by atoms with E-state index in [4.69, 9.17) is 16.3 Å². The molecule has 0 fully saturated rings. The summed E-state index contributed by atoms with van der Waals surface area (Å²) in [7, 11) is 1.51. The Bertz CT molecular complexity index is 322. The van der Waals surface area contributed by atoms with Crippen LogP contribution in [0.25, 0.3) is 0 Å². The summed E-state index contributed by atoms with van der Waals surface area (Å²) in [5.74, 6) is -0.459. The monoisotopic (exact) mass is 233 g/mol. The maximum absolute atomic E-state index is 12.8. The van der Waals surface area contributed by atoms with E-state index < -0.39 is 11.9 Å². The van der Waals surface area contributed by atoms with E-state index >= 15 is 0 Å². The molecule has 0 saturated heterocycles.